The maximum Gasteiger partial charge on any atom is 0.416 e. The van der Waals surface area contributed by atoms with Crippen LogP contribution in [0, 0.1) is 0 Å². The molecule has 0 aliphatic heterocycles. The van der Waals surface area contributed by atoms with Crippen LogP contribution in [0.2, 0.25) is 5.02 Å². The molecule has 12 heteroatoms. The fraction of sp³-hybridized carbons (Fsp3) is 0.130. The quantitative estimate of drug-likeness (QED) is 0.380. The highest BCUT2D eigenvalue weighted by atomic mass is 35.5. The summed E-state index contributed by atoms with van der Waals surface area (Å²) in [5, 5.41) is 10.6. The Balaban J connectivity index is 1.72. The normalized spacial score (nSPS) is 11.4. The van der Waals surface area contributed by atoms with Crippen molar-refractivity contribution in [3.63, 3.8) is 0 Å². The van der Waals surface area contributed by atoms with Crippen molar-refractivity contribution in [2.24, 2.45) is 14.1 Å². The lowest BCUT2D eigenvalue weighted by Gasteiger charge is -2.10. The average Bonchev–Trinajstić information content (AvgIpc) is 3.39. The van der Waals surface area contributed by atoms with Crippen LogP contribution in [0.5, 0.6) is 0 Å². The summed E-state index contributed by atoms with van der Waals surface area (Å²) in [6, 6.07) is 11.2. The van der Waals surface area contributed by atoms with Crippen LogP contribution in [-0.4, -0.2) is 45.2 Å². The van der Waals surface area contributed by atoms with Crippen molar-refractivity contribution in [3.8, 4) is 0 Å². The van der Waals surface area contributed by atoms with Gasteiger partial charge in [-0.05, 0) is 30.3 Å². The van der Waals surface area contributed by atoms with E-state index in [0.29, 0.717) is 15.9 Å². The van der Waals surface area contributed by atoms with Gasteiger partial charge in [0.25, 0.3) is 5.56 Å². The number of halogens is 1. The van der Waals surface area contributed by atoms with E-state index in [9.17, 15) is 24.3 Å². The van der Waals surface area contributed by atoms with Gasteiger partial charge >= 0.3 is 11.8 Å². The molecule has 11 nitrogen and oxygen atoms in total. The molecule has 0 aliphatic rings. The summed E-state index contributed by atoms with van der Waals surface area (Å²) in [7, 11) is 2.92. The molecule has 4 heterocycles. The van der Waals surface area contributed by atoms with E-state index in [4.69, 9.17) is 11.6 Å². The van der Waals surface area contributed by atoms with Gasteiger partial charge < -0.3 is 9.67 Å². The molecule has 0 fully saturated rings. The molecule has 0 saturated carbocycles. The maximum atomic E-state index is 13.4. The second-order valence-corrected chi connectivity index (χ2v) is 8.28. The molecule has 176 valence electrons. The molecule has 0 atom stereocenters. The Labute approximate surface area is 201 Å². The fourth-order valence-corrected chi connectivity index (χ4v) is 4.38. The molecule has 0 unspecified atom stereocenters. The van der Waals surface area contributed by atoms with Crippen molar-refractivity contribution in [1.29, 1.82) is 0 Å². The van der Waals surface area contributed by atoms with Gasteiger partial charge in [-0.15, -0.1) is 0 Å². The van der Waals surface area contributed by atoms with Crippen molar-refractivity contribution < 1.29 is 14.7 Å². The predicted molar refractivity (Wildman–Crippen MR) is 127 cm³/mol. The van der Waals surface area contributed by atoms with E-state index in [1.807, 2.05) is 0 Å². The Bertz CT molecular complexity index is 1800. The lowest BCUT2D eigenvalue weighted by Crippen LogP contribution is -2.40. The van der Waals surface area contributed by atoms with E-state index in [-0.39, 0.29) is 34.9 Å². The molecular weight excluding hydrogens is 476 g/mol. The molecule has 4 aromatic heterocycles. The van der Waals surface area contributed by atoms with Gasteiger partial charge in [-0.25, -0.2) is 19.1 Å². The topological polar surface area (TPSA) is 134 Å². The van der Waals surface area contributed by atoms with Crippen molar-refractivity contribution >= 4 is 45.5 Å². The van der Waals surface area contributed by atoms with Crippen molar-refractivity contribution in [3.05, 3.63) is 91.7 Å². The highest BCUT2D eigenvalue weighted by Crippen LogP contribution is 2.27. The highest BCUT2D eigenvalue weighted by molar-refractivity contribution is 6.35. The largest absolute Gasteiger partial charge is 0.464 e. The first kappa shape index (κ1) is 22.3. The number of ketones is 1. The maximum absolute atomic E-state index is 13.4. The number of nitrogens with zero attached hydrogens (tertiary/aromatic N) is 6. The minimum atomic E-state index is -1.29. The summed E-state index contributed by atoms with van der Waals surface area (Å²) >= 11 is 6.23. The Morgan fingerprint density at radius 1 is 1.06 bits per heavy atom. The predicted octanol–water partition coefficient (Wildman–Crippen LogP) is 2.24. The van der Waals surface area contributed by atoms with Gasteiger partial charge in [0.05, 0.1) is 17.8 Å². The van der Waals surface area contributed by atoms with Gasteiger partial charge in [-0.2, -0.15) is 0 Å². The summed E-state index contributed by atoms with van der Waals surface area (Å²) in [5.74, 6) is -0.571. The smallest absolute Gasteiger partial charge is 0.416 e. The van der Waals surface area contributed by atoms with Crippen LogP contribution in [0.15, 0.2) is 58.3 Å². The molecule has 35 heavy (non-hydrogen) atoms. The number of rotatable bonds is 4. The Morgan fingerprint density at radius 2 is 1.83 bits per heavy atom. The van der Waals surface area contributed by atoms with Crippen LogP contribution < -0.4 is 11.2 Å². The summed E-state index contributed by atoms with van der Waals surface area (Å²) < 4.78 is 4.35. The van der Waals surface area contributed by atoms with Crippen LogP contribution in [0.25, 0.3) is 22.1 Å². The van der Waals surface area contributed by atoms with Crippen molar-refractivity contribution in [1.82, 2.24) is 28.2 Å². The number of pyridine rings is 1. The molecule has 0 radical (unpaired) electrons. The van der Waals surface area contributed by atoms with E-state index in [0.717, 1.165) is 13.7 Å². The summed E-state index contributed by atoms with van der Waals surface area (Å²) in [6.07, 6.45) is 0.180. The number of aromatic nitrogens is 6. The van der Waals surface area contributed by atoms with Crippen LogP contribution in [-0.2, 0) is 20.6 Å². The number of hydrogen-bond donors (Lipinski definition) is 1. The first-order valence-corrected chi connectivity index (χ1v) is 10.7. The summed E-state index contributed by atoms with van der Waals surface area (Å²) in [6.45, 7) is -0.340. The van der Waals surface area contributed by atoms with E-state index in [1.54, 1.807) is 30.3 Å². The van der Waals surface area contributed by atoms with Gasteiger partial charge in [-0.1, -0.05) is 23.7 Å². The Kier molecular flexibility index (Phi) is 5.13. The fourth-order valence-electron chi connectivity index (χ4n) is 4.15. The molecule has 1 aromatic carbocycles. The van der Waals surface area contributed by atoms with Gasteiger partial charge in [0.2, 0.25) is 5.78 Å². The third-order valence-electron chi connectivity index (χ3n) is 5.84. The second-order valence-electron chi connectivity index (χ2n) is 7.87. The zero-order valence-electron chi connectivity index (χ0n) is 18.5. The third-order valence-corrected chi connectivity index (χ3v) is 6.17. The molecule has 0 saturated heterocycles. The SMILES string of the molecule is Cn1c(C(=O)c2ccccn2)nc2c1c(=O)n(Cc1cc3c(Cl)cccc3n1C(=O)O)c(=O)n2C. The van der Waals surface area contributed by atoms with E-state index >= 15 is 0 Å². The van der Waals surface area contributed by atoms with Crippen molar-refractivity contribution in [2.75, 3.05) is 0 Å². The standard InChI is InChI=1S/C23H17ClN6O5/c1-27-17-19(26-20(27)18(31)15-7-3-4-9-25-15)28(2)22(33)29(21(17)32)11-12-10-13-14(24)6-5-8-16(13)30(12)23(34)35/h3-10H,11H2,1-2H3,(H,34,35). The lowest BCUT2D eigenvalue weighted by molar-refractivity contribution is 0.102. The number of carboxylic acid groups (broad SMARTS) is 1. The van der Waals surface area contributed by atoms with Gasteiger partial charge in [-0.3, -0.25) is 23.7 Å². The van der Waals surface area contributed by atoms with Crippen LogP contribution in [0.3, 0.4) is 0 Å². The van der Waals surface area contributed by atoms with Gasteiger partial charge in [0, 0.05) is 30.7 Å². The summed E-state index contributed by atoms with van der Waals surface area (Å²) in [4.78, 5) is 59.8. The summed E-state index contributed by atoms with van der Waals surface area (Å²) in [5.41, 5.74) is -0.751. The van der Waals surface area contributed by atoms with Crippen LogP contribution in [0.4, 0.5) is 4.79 Å². The number of hydrogen-bond acceptors (Lipinski definition) is 6. The first-order chi connectivity index (χ1) is 16.7. The second kappa shape index (κ2) is 8.06. The Morgan fingerprint density at radius 3 is 2.51 bits per heavy atom. The van der Waals surface area contributed by atoms with E-state index in [2.05, 4.69) is 9.97 Å². The monoisotopic (exact) mass is 492 g/mol. The molecule has 5 rings (SSSR count). The zero-order chi connectivity index (χ0) is 25.0. The number of aryl methyl sites for hydroxylation is 2. The Hall–Kier alpha value is -4.51. The van der Waals surface area contributed by atoms with Gasteiger partial charge in [0.1, 0.15) is 5.69 Å². The molecule has 5 aromatic rings. The lowest BCUT2D eigenvalue weighted by atomic mass is 10.2. The zero-order valence-corrected chi connectivity index (χ0v) is 19.2. The van der Waals surface area contributed by atoms with E-state index in [1.165, 1.54) is 37.0 Å². The van der Waals surface area contributed by atoms with E-state index < -0.39 is 23.1 Å². The van der Waals surface area contributed by atoms with Gasteiger partial charge in [0.15, 0.2) is 17.0 Å². The van der Waals surface area contributed by atoms with Crippen LogP contribution >= 0.6 is 11.6 Å². The first-order valence-electron chi connectivity index (χ1n) is 10.3. The molecular formula is C23H17ClN6O5. The molecule has 0 spiro atoms. The van der Waals surface area contributed by atoms with Crippen LogP contribution in [0.1, 0.15) is 22.0 Å². The number of imidazole rings is 1. The molecule has 1 N–H and O–H groups in total. The molecule has 0 amide bonds. The molecule has 0 aliphatic carbocycles. The number of fused-ring (bicyclic) bond motifs is 2. The number of benzene rings is 1. The highest BCUT2D eigenvalue weighted by Gasteiger charge is 2.25. The van der Waals surface area contributed by atoms with Crippen molar-refractivity contribution in [2.45, 2.75) is 6.54 Å². The number of carbonyl (C=O) groups excluding carboxylic acids is 1. The molecule has 0 bridgehead atoms. The minimum absolute atomic E-state index is 0.0161. The average molecular weight is 493 g/mol. The third kappa shape index (κ3) is 3.36. The number of carbonyl (C=O) groups is 2. The minimum Gasteiger partial charge on any atom is -0.464 e.